The van der Waals surface area contributed by atoms with Gasteiger partial charge in [0.05, 0.1) is 45.1 Å². The van der Waals surface area contributed by atoms with Crippen LogP contribution in [-0.4, -0.2) is 95.9 Å². The predicted molar refractivity (Wildman–Crippen MR) is 225 cm³/mol. The lowest BCUT2D eigenvalue weighted by Gasteiger charge is -2.32. The molecular formula is C46H76N4O6. The first kappa shape index (κ1) is 47.1. The van der Waals surface area contributed by atoms with Crippen LogP contribution >= 0.6 is 0 Å². The second-order valence-corrected chi connectivity index (χ2v) is 15.9. The van der Waals surface area contributed by atoms with E-state index in [2.05, 4.69) is 51.8 Å². The number of piperidine rings is 2. The second kappa shape index (κ2) is 29.9. The number of aliphatic carboxylic acids is 1. The SMILES string of the molecule is CCCCCCCCOc1ccc(CC2CCCN(CCC(=O)O)C2)nc1.CCCCCCCCOc1ccc(CC2CCCN(CCC(=O)OCC)C2)nc1. The zero-order chi connectivity index (χ0) is 40.1. The van der Waals surface area contributed by atoms with E-state index in [-0.39, 0.29) is 12.4 Å². The van der Waals surface area contributed by atoms with Crippen LogP contribution in [0.4, 0.5) is 0 Å². The van der Waals surface area contributed by atoms with E-state index in [1.165, 1.54) is 83.5 Å². The van der Waals surface area contributed by atoms with E-state index in [9.17, 15) is 9.59 Å². The van der Waals surface area contributed by atoms with Gasteiger partial charge >= 0.3 is 11.9 Å². The monoisotopic (exact) mass is 781 g/mol. The minimum Gasteiger partial charge on any atom is -0.492 e. The first-order chi connectivity index (χ1) is 27.4. The van der Waals surface area contributed by atoms with Gasteiger partial charge in [-0.05, 0) is 107 Å². The Kier molecular flexibility index (Phi) is 25.2. The molecule has 0 aromatic carbocycles. The summed E-state index contributed by atoms with van der Waals surface area (Å²) in [5.41, 5.74) is 2.24. The number of unbranched alkanes of at least 4 members (excludes halogenated alkanes) is 10. The topological polar surface area (TPSA) is 114 Å². The molecule has 4 rings (SSSR count). The van der Waals surface area contributed by atoms with Gasteiger partial charge in [-0.25, -0.2) is 0 Å². The highest BCUT2D eigenvalue weighted by Crippen LogP contribution is 2.23. The molecule has 4 heterocycles. The molecule has 2 atom stereocenters. The number of hydrogen-bond donors (Lipinski definition) is 1. The first-order valence-corrected chi connectivity index (χ1v) is 22.4. The number of carboxylic acid groups (broad SMARTS) is 1. The number of nitrogens with zero attached hydrogens (tertiary/aromatic N) is 4. The number of pyridine rings is 2. The van der Waals surface area contributed by atoms with E-state index < -0.39 is 5.97 Å². The van der Waals surface area contributed by atoms with Gasteiger partial charge in [0.1, 0.15) is 11.5 Å². The maximum absolute atomic E-state index is 11.6. The highest BCUT2D eigenvalue weighted by atomic mass is 16.5. The molecule has 2 aliphatic heterocycles. The van der Waals surface area contributed by atoms with Crippen LogP contribution in [0.2, 0.25) is 0 Å². The van der Waals surface area contributed by atoms with Crippen molar-refractivity contribution < 1.29 is 28.9 Å². The molecule has 10 nitrogen and oxygen atoms in total. The maximum atomic E-state index is 11.6. The molecule has 56 heavy (non-hydrogen) atoms. The molecule has 0 spiro atoms. The van der Waals surface area contributed by atoms with Crippen LogP contribution in [0.3, 0.4) is 0 Å². The third kappa shape index (κ3) is 21.9. The molecule has 0 saturated carbocycles. The number of ether oxygens (including phenoxy) is 3. The summed E-state index contributed by atoms with van der Waals surface area (Å²) in [5, 5.41) is 8.85. The van der Waals surface area contributed by atoms with Crippen LogP contribution in [-0.2, 0) is 27.2 Å². The van der Waals surface area contributed by atoms with Gasteiger partial charge in [0, 0.05) is 37.6 Å². The predicted octanol–water partition coefficient (Wildman–Crippen LogP) is 9.58. The van der Waals surface area contributed by atoms with E-state index in [1.54, 1.807) is 0 Å². The quantitative estimate of drug-likeness (QED) is 0.0695. The number of carbonyl (C=O) groups is 2. The van der Waals surface area contributed by atoms with Crippen molar-refractivity contribution in [1.82, 2.24) is 19.8 Å². The number of likely N-dealkylation sites (tertiary alicyclic amines) is 2. The molecule has 2 aromatic rings. The van der Waals surface area contributed by atoms with Crippen molar-refractivity contribution in [2.45, 2.75) is 149 Å². The molecule has 2 saturated heterocycles. The van der Waals surface area contributed by atoms with Gasteiger partial charge in [-0.3, -0.25) is 19.6 Å². The Morgan fingerprint density at radius 1 is 0.661 bits per heavy atom. The number of esters is 1. The molecule has 316 valence electrons. The molecule has 10 heteroatoms. The van der Waals surface area contributed by atoms with Crippen molar-refractivity contribution >= 4 is 11.9 Å². The number of rotatable bonds is 27. The summed E-state index contributed by atoms with van der Waals surface area (Å²) < 4.78 is 16.7. The summed E-state index contributed by atoms with van der Waals surface area (Å²) in [6.45, 7) is 13.9. The van der Waals surface area contributed by atoms with Gasteiger partial charge in [0.25, 0.3) is 0 Å². The van der Waals surface area contributed by atoms with E-state index in [0.717, 1.165) is 101 Å². The van der Waals surface area contributed by atoms with Gasteiger partial charge in [0.2, 0.25) is 0 Å². The van der Waals surface area contributed by atoms with Gasteiger partial charge in [-0.15, -0.1) is 0 Å². The smallest absolute Gasteiger partial charge is 0.307 e. The van der Waals surface area contributed by atoms with Crippen LogP contribution < -0.4 is 9.47 Å². The van der Waals surface area contributed by atoms with Crippen molar-refractivity contribution in [3.8, 4) is 11.5 Å². The van der Waals surface area contributed by atoms with Crippen molar-refractivity contribution in [3.63, 3.8) is 0 Å². The van der Waals surface area contributed by atoms with Gasteiger partial charge in [-0.1, -0.05) is 78.1 Å². The van der Waals surface area contributed by atoms with Crippen LogP contribution in [0.25, 0.3) is 0 Å². The van der Waals surface area contributed by atoms with Crippen LogP contribution in [0.1, 0.15) is 148 Å². The molecule has 2 aliphatic rings. The maximum Gasteiger partial charge on any atom is 0.307 e. The molecule has 2 fully saturated rings. The number of hydrogen-bond acceptors (Lipinski definition) is 9. The zero-order valence-corrected chi connectivity index (χ0v) is 35.4. The minimum absolute atomic E-state index is 0.0900. The lowest BCUT2D eigenvalue weighted by molar-refractivity contribution is -0.143. The third-order valence-electron chi connectivity index (χ3n) is 10.9. The Morgan fingerprint density at radius 2 is 1.12 bits per heavy atom. The van der Waals surface area contributed by atoms with Gasteiger partial charge in [-0.2, -0.15) is 0 Å². The number of carboxylic acids is 1. The molecule has 0 amide bonds. The van der Waals surface area contributed by atoms with E-state index in [4.69, 9.17) is 19.3 Å². The zero-order valence-electron chi connectivity index (χ0n) is 35.4. The lowest BCUT2D eigenvalue weighted by atomic mass is 9.93. The van der Waals surface area contributed by atoms with E-state index in [0.29, 0.717) is 31.4 Å². The molecule has 0 aliphatic carbocycles. The summed E-state index contributed by atoms with van der Waals surface area (Å²) in [6.07, 6.45) is 26.4. The molecular weight excluding hydrogens is 705 g/mol. The Morgan fingerprint density at radius 3 is 1.55 bits per heavy atom. The third-order valence-corrected chi connectivity index (χ3v) is 10.9. The van der Waals surface area contributed by atoms with Gasteiger partial charge in [0.15, 0.2) is 0 Å². The highest BCUT2D eigenvalue weighted by Gasteiger charge is 2.22. The highest BCUT2D eigenvalue weighted by molar-refractivity contribution is 5.69. The number of aromatic nitrogens is 2. The molecule has 0 radical (unpaired) electrons. The average molecular weight is 781 g/mol. The molecule has 2 unspecified atom stereocenters. The first-order valence-electron chi connectivity index (χ1n) is 22.4. The Hall–Kier alpha value is -3.24. The van der Waals surface area contributed by atoms with Crippen molar-refractivity contribution in [2.24, 2.45) is 11.8 Å². The Bertz CT molecular complexity index is 1290. The normalized spacial score (nSPS) is 17.5. The summed E-state index contributed by atoms with van der Waals surface area (Å²) in [6, 6.07) is 8.27. The fraction of sp³-hybridized carbons (Fsp3) is 0.739. The van der Waals surface area contributed by atoms with Crippen LogP contribution in [0.5, 0.6) is 11.5 Å². The lowest BCUT2D eigenvalue weighted by Crippen LogP contribution is -2.37. The van der Waals surface area contributed by atoms with Crippen LogP contribution in [0, 0.1) is 11.8 Å². The minimum atomic E-state index is -0.713. The second-order valence-electron chi connectivity index (χ2n) is 15.9. The standard InChI is InChI=1S/C24H40N2O3.C22H36N2O3/c1-3-5-6-7-8-9-17-29-23-13-12-22(25-19-23)18-21-11-10-15-26(20-21)16-14-24(27)28-4-2;1-2-3-4-5-6-7-15-27-21-11-10-20(23-17-21)16-19-9-8-13-24(18-19)14-12-22(25)26/h12-13,19,21H,3-11,14-18,20H2,1-2H3;10-11,17,19H,2-9,12-16,18H2,1H3,(H,25,26). The van der Waals surface area contributed by atoms with E-state index >= 15 is 0 Å². The largest absolute Gasteiger partial charge is 0.492 e. The molecule has 0 bridgehead atoms. The van der Waals surface area contributed by atoms with Crippen molar-refractivity contribution in [1.29, 1.82) is 0 Å². The van der Waals surface area contributed by atoms with E-state index in [1.807, 2.05) is 25.4 Å². The van der Waals surface area contributed by atoms with Gasteiger partial charge < -0.3 is 29.1 Å². The molecule has 1 N–H and O–H groups in total. The Labute approximate surface area is 339 Å². The fourth-order valence-electron chi connectivity index (χ4n) is 7.75. The van der Waals surface area contributed by atoms with Crippen LogP contribution in [0.15, 0.2) is 36.7 Å². The molecule has 2 aromatic heterocycles. The summed E-state index contributed by atoms with van der Waals surface area (Å²) in [7, 11) is 0. The van der Waals surface area contributed by atoms with Crippen molar-refractivity contribution in [3.05, 3.63) is 48.0 Å². The fourth-order valence-corrected chi connectivity index (χ4v) is 7.75. The summed E-state index contributed by atoms with van der Waals surface area (Å²) in [5.74, 6) is 2.10. The summed E-state index contributed by atoms with van der Waals surface area (Å²) >= 11 is 0. The Balaban J connectivity index is 0.000000301. The number of carbonyl (C=O) groups excluding carboxylic acids is 1. The average Bonchev–Trinajstić information content (AvgIpc) is 3.20. The van der Waals surface area contributed by atoms with Crippen molar-refractivity contribution in [2.75, 3.05) is 59.1 Å². The summed E-state index contributed by atoms with van der Waals surface area (Å²) in [4.78, 5) is 36.2.